The van der Waals surface area contributed by atoms with Crippen LogP contribution in [-0.4, -0.2) is 18.4 Å². The number of hydrazine groups is 1. The van der Waals surface area contributed by atoms with Crippen molar-refractivity contribution >= 4 is 61.0 Å². The second-order valence-corrected chi connectivity index (χ2v) is 8.41. The van der Waals surface area contributed by atoms with Gasteiger partial charge in [0.15, 0.2) is 6.61 Å². The predicted molar refractivity (Wildman–Crippen MR) is 122 cm³/mol. The highest BCUT2D eigenvalue weighted by atomic mass is 79.9. The van der Waals surface area contributed by atoms with Gasteiger partial charge in [-0.1, -0.05) is 27.5 Å². The quantitative estimate of drug-likeness (QED) is 0.337. The van der Waals surface area contributed by atoms with Crippen molar-refractivity contribution in [3.05, 3.63) is 67.2 Å². The molecule has 29 heavy (non-hydrogen) atoms. The van der Waals surface area contributed by atoms with Crippen LogP contribution >= 0.6 is 43.5 Å². The second-order valence-electron chi connectivity index (χ2n) is 6.27. The molecule has 0 aliphatic carbocycles. The number of allylic oxidation sites excluding steroid dienone is 1. The third kappa shape index (κ3) is 7.38. The standard InChI is InChI=1S/C20H20Br2ClN3O3/c1-11-7-18(16(22)9-15(11)21)29-10-20(28)26-25-13(3)8-19(27)24-17-5-4-14(23)6-12(17)2/h4-9,25H,10H2,1-3H3,(H,24,27)(H,26,28). The molecule has 0 aromatic heterocycles. The van der Waals surface area contributed by atoms with E-state index in [-0.39, 0.29) is 18.4 Å². The molecule has 3 N–H and O–H groups in total. The minimum Gasteiger partial charge on any atom is -0.483 e. The van der Waals surface area contributed by atoms with Crippen LogP contribution in [0.25, 0.3) is 0 Å². The van der Waals surface area contributed by atoms with E-state index in [9.17, 15) is 9.59 Å². The fourth-order valence-corrected chi connectivity index (χ4v) is 3.59. The van der Waals surface area contributed by atoms with Gasteiger partial charge in [0.25, 0.3) is 5.91 Å². The van der Waals surface area contributed by atoms with Gasteiger partial charge >= 0.3 is 0 Å². The Morgan fingerprint density at radius 1 is 1.07 bits per heavy atom. The number of hydrogen-bond donors (Lipinski definition) is 3. The average molecular weight is 546 g/mol. The molecule has 2 amide bonds. The van der Waals surface area contributed by atoms with Gasteiger partial charge in [-0.2, -0.15) is 0 Å². The van der Waals surface area contributed by atoms with E-state index >= 15 is 0 Å². The number of carbonyl (C=O) groups excluding carboxylic acids is 2. The number of nitrogens with one attached hydrogen (secondary N) is 3. The summed E-state index contributed by atoms with van der Waals surface area (Å²) in [7, 11) is 0. The van der Waals surface area contributed by atoms with Crippen molar-refractivity contribution in [3.63, 3.8) is 0 Å². The minimum absolute atomic E-state index is 0.184. The lowest BCUT2D eigenvalue weighted by molar-refractivity contribution is -0.124. The van der Waals surface area contributed by atoms with Crippen LogP contribution in [0.2, 0.25) is 5.02 Å². The van der Waals surface area contributed by atoms with Crippen molar-refractivity contribution in [2.75, 3.05) is 11.9 Å². The third-order valence-electron chi connectivity index (χ3n) is 3.76. The van der Waals surface area contributed by atoms with Gasteiger partial charge in [-0.25, -0.2) is 0 Å². The molecule has 0 aliphatic rings. The van der Waals surface area contributed by atoms with E-state index in [0.29, 0.717) is 22.2 Å². The van der Waals surface area contributed by atoms with E-state index in [4.69, 9.17) is 16.3 Å². The largest absolute Gasteiger partial charge is 0.483 e. The number of benzene rings is 2. The van der Waals surface area contributed by atoms with E-state index < -0.39 is 0 Å². The number of ether oxygens (including phenoxy) is 1. The van der Waals surface area contributed by atoms with Gasteiger partial charge in [0.2, 0.25) is 5.91 Å². The third-order valence-corrected chi connectivity index (χ3v) is 5.47. The Morgan fingerprint density at radius 2 is 1.79 bits per heavy atom. The lowest BCUT2D eigenvalue weighted by Gasteiger charge is -2.12. The van der Waals surface area contributed by atoms with Crippen LogP contribution in [0.3, 0.4) is 0 Å². The zero-order chi connectivity index (χ0) is 21.6. The van der Waals surface area contributed by atoms with Crippen molar-refractivity contribution in [1.29, 1.82) is 0 Å². The predicted octanol–water partition coefficient (Wildman–Crippen LogP) is 5.02. The van der Waals surface area contributed by atoms with E-state index in [1.807, 2.05) is 26.0 Å². The summed E-state index contributed by atoms with van der Waals surface area (Å²) >= 11 is 12.7. The molecule has 0 atom stereocenters. The average Bonchev–Trinajstić information content (AvgIpc) is 2.64. The molecular formula is C20H20Br2ClN3O3. The van der Waals surface area contributed by atoms with E-state index in [1.54, 1.807) is 25.1 Å². The lowest BCUT2D eigenvalue weighted by Crippen LogP contribution is -2.39. The highest BCUT2D eigenvalue weighted by molar-refractivity contribution is 9.11. The van der Waals surface area contributed by atoms with E-state index in [2.05, 4.69) is 48.0 Å². The Bertz CT molecular complexity index is 964. The molecule has 0 spiro atoms. The van der Waals surface area contributed by atoms with Crippen LogP contribution < -0.4 is 20.9 Å². The molecule has 0 unspecified atom stereocenters. The monoisotopic (exact) mass is 543 g/mol. The Morgan fingerprint density at radius 3 is 2.48 bits per heavy atom. The number of carbonyl (C=O) groups is 2. The number of halogens is 3. The first kappa shape index (κ1) is 23.3. The van der Waals surface area contributed by atoms with Crippen molar-refractivity contribution in [2.24, 2.45) is 0 Å². The Kier molecular flexibility index (Phi) is 8.55. The highest BCUT2D eigenvalue weighted by Gasteiger charge is 2.09. The summed E-state index contributed by atoms with van der Waals surface area (Å²) in [4.78, 5) is 24.1. The molecule has 0 heterocycles. The summed E-state index contributed by atoms with van der Waals surface area (Å²) in [6.07, 6.45) is 1.34. The molecular weight excluding hydrogens is 525 g/mol. The molecule has 2 aromatic carbocycles. The highest BCUT2D eigenvalue weighted by Crippen LogP contribution is 2.31. The smallest absolute Gasteiger partial charge is 0.276 e. The summed E-state index contributed by atoms with van der Waals surface area (Å²) in [6.45, 7) is 5.25. The molecule has 0 radical (unpaired) electrons. The summed E-state index contributed by atoms with van der Waals surface area (Å²) in [6, 6.07) is 8.87. The van der Waals surface area contributed by atoms with Gasteiger partial charge < -0.3 is 15.5 Å². The molecule has 2 aromatic rings. The van der Waals surface area contributed by atoms with Gasteiger partial charge in [0.1, 0.15) is 5.75 Å². The minimum atomic E-state index is -0.390. The number of hydrogen-bond acceptors (Lipinski definition) is 4. The molecule has 9 heteroatoms. The second kappa shape index (κ2) is 10.7. The summed E-state index contributed by atoms with van der Waals surface area (Å²) in [5, 5.41) is 3.36. The number of aryl methyl sites for hydroxylation is 2. The molecule has 2 rings (SSSR count). The molecule has 0 fully saturated rings. The van der Waals surface area contributed by atoms with Crippen molar-refractivity contribution in [2.45, 2.75) is 20.8 Å². The van der Waals surface area contributed by atoms with Crippen molar-refractivity contribution < 1.29 is 14.3 Å². The van der Waals surface area contributed by atoms with Crippen LogP contribution in [0.4, 0.5) is 5.69 Å². The maximum Gasteiger partial charge on any atom is 0.276 e. The molecule has 0 saturated carbocycles. The number of rotatable bonds is 7. The molecule has 0 aliphatic heterocycles. The van der Waals surface area contributed by atoms with Gasteiger partial charge in [-0.05, 0) is 78.2 Å². The summed E-state index contributed by atoms with van der Waals surface area (Å²) in [5.74, 6) is -0.162. The van der Waals surface area contributed by atoms with E-state index in [1.165, 1.54) is 6.08 Å². The van der Waals surface area contributed by atoms with Crippen LogP contribution in [0.15, 0.2) is 51.1 Å². The zero-order valence-electron chi connectivity index (χ0n) is 16.0. The first-order chi connectivity index (χ1) is 13.7. The normalized spacial score (nSPS) is 11.0. The van der Waals surface area contributed by atoms with Crippen molar-refractivity contribution in [3.8, 4) is 5.75 Å². The van der Waals surface area contributed by atoms with Crippen LogP contribution in [-0.2, 0) is 9.59 Å². The van der Waals surface area contributed by atoms with Crippen LogP contribution in [0.1, 0.15) is 18.1 Å². The van der Waals surface area contributed by atoms with Gasteiger partial charge in [0, 0.05) is 27.0 Å². The summed E-state index contributed by atoms with van der Waals surface area (Å²) in [5.41, 5.74) is 8.12. The molecule has 154 valence electrons. The van der Waals surface area contributed by atoms with Crippen molar-refractivity contribution in [1.82, 2.24) is 10.9 Å². The molecule has 6 nitrogen and oxygen atoms in total. The number of amides is 2. The van der Waals surface area contributed by atoms with E-state index in [0.717, 1.165) is 20.1 Å². The molecule has 0 saturated heterocycles. The first-order valence-corrected chi connectivity index (χ1v) is 10.5. The SMILES string of the molecule is CC(=CC(=O)Nc1ccc(Cl)cc1C)NNC(=O)COc1cc(C)c(Br)cc1Br. The summed E-state index contributed by atoms with van der Waals surface area (Å²) < 4.78 is 7.20. The topological polar surface area (TPSA) is 79.5 Å². The Balaban J connectivity index is 1.83. The zero-order valence-corrected chi connectivity index (χ0v) is 20.0. The first-order valence-electron chi connectivity index (χ1n) is 8.54. The van der Waals surface area contributed by atoms with Crippen LogP contribution in [0.5, 0.6) is 5.75 Å². The van der Waals surface area contributed by atoms with Gasteiger partial charge in [-0.3, -0.25) is 15.0 Å². The fraction of sp³-hybridized carbons (Fsp3) is 0.200. The Hall–Kier alpha value is -2.03. The molecule has 0 bridgehead atoms. The Labute approximate surface area is 191 Å². The maximum atomic E-state index is 12.1. The number of anilines is 1. The van der Waals surface area contributed by atoms with Gasteiger partial charge in [0.05, 0.1) is 4.47 Å². The van der Waals surface area contributed by atoms with Gasteiger partial charge in [-0.15, -0.1) is 0 Å². The lowest BCUT2D eigenvalue weighted by atomic mass is 10.2. The fourth-order valence-electron chi connectivity index (χ4n) is 2.26. The van der Waals surface area contributed by atoms with Crippen LogP contribution in [0, 0.1) is 13.8 Å². The maximum absolute atomic E-state index is 12.1.